The lowest BCUT2D eigenvalue weighted by Gasteiger charge is -2.08. The van der Waals surface area contributed by atoms with E-state index in [0.29, 0.717) is 17.1 Å². The highest BCUT2D eigenvalue weighted by molar-refractivity contribution is 7.92. The Kier molecular flexibility index (Phi) is 5.32. The van der Waals surface area contributed by atoms with Crippen LogP contribution in [0.15, 0.2) is 64.5 Å². The molecule has 4 aromatic rings. The van der Waals surface area contributed by atoms with Gasteiger partial charge in [0, 0.05) is 30.0 Å². The lowest BCUT2D eigenvalue weighted by Crippen LogP contribution is -2.16. The number of hydrogen-bond donors (Lipinski definition) is 2. The van der Waals surface area contributed by atoms with Crippen LogP contribution >= 0.6 is 0 Å². The van der Waals surface area contributed by atoms with Crippen molar-refractivity contribution in [3.05, 3.63) is 66.7 Å². The third kappa shape index (κ3) is 4.67. The van der Waals surface area contributed by atoms with Gasteiger partial charge in [-0.15, -0.1) is 0 Å². The van der Waals surface area contributed by atoms with Crippen molar-refractivity contribution in [2.45, 2.75) is 11.8 Å². The van der Waals surface area contributed by atoms with Crippen molar-refractivity contribution < 1.29 is 17.7 Å². The highest BCUT2D eigenvalue weighted by Gasteiger charge is 2.19. The van der Waals surface area contributed by atoms with E-state index in [9.17, 15) is 13.2 Å². The fourth-order valence-corrected chi connectivity index (χ4v) is 3.36. The van der Waals surface area contributed by atoms with E-state index in [0.717, 1.165) is 0 Å². The number of amides is 1. The second-order valence-corrected chi connectivity index (χ2v) is 7.80. The maximum atomic E-state index is 12.5. The number of carbonyl (C=O) groups is 1. The van der Waals surface area contributed by atoms with Crippen molar-refractivity contribution in [2.24, 2.45) is 0 Å². The summed E-state index contributed by atoms with van der Waals surface area (Å²) in [6, 6.07) is 7.14. The maximum Gasteiger partial charge on any atom is 0.316 e. The summed E-state index contributed by atoms with van der Waals surface area (Å²) in [5, 5.41) is 6.24. The minimum atomic E-state index is -3.90. The molecule has 0 radical (unpaired) electrons. The van der Waals surface area contributed by atoms with Gasteiger partial charge in [-0.1, -0.05) is 5.16 Å². The third-order valence-corrected chi connectivity index (χ3v) is 5.20. The van der Waals surface area contributed by atoms with E-state index >= 15 is 0 Å². The number of anilines is 2. The number of aryl methyl sites for hydroxylation is 1. The van der Waals surface area contributed by atoms with Gasteiger partial charge in [0.15, 0.2) is 0 Å². The van der Waals surface area contributed by atoms with E-state index in [4.69, 9.17) is 4.52 Å². The highest BCUT2D eigenvalue weighted by atomic mass is 32.2. The summed E-state index contributed by atoms with van der Waals surface area (Å²) < 4.78 is 32.2. The number of benzene rings is 1. The molecular weight excluding hydrogens is 424 g/mol. The van der Waals surface area contributed by atoms with Gasteiger partial charge >= 0.3 is 11.8 Å². The molecule has 31 heavy (non-hydrogen) atoms. The summed E-state index contributed by atoms with van der Waals surface area (Å²) in [6.07, 6.45) is 5.83. The molecule has 13 heteroatoms. The van der Waals surface area contributed by atoms with Crippen molar-refractivity contribution in [1.82, 2.24) is 30.1 Å². The lowest BCUT2D eigenvalue weighted by molar-refractivity contribution is 0.0981. The molecule has 0 bridgehead atoms. The summed E-state index contributed by atoms with van der Waals surface area (Å²) in [7, 11) is -3.90. The molecule has 0 aliphatic rings. The average molecular weight is 438 g/mol. The van der Waals surface area contributed by atoms with Gasteiger partial charge in [-0.25, -0.2) is 28.1 Å². The molecule has 0 spiro atoms. The molecule has 0 aliphatic carbocycles. The number of nitrogens with zero attached hydrogens (tertiary/aromatic N) is 6. The van der Waals surface area contributed by atoms with Crippen LogP contribution in [0.2, 0.25) is 0 Å². The Hall–Kier alpha value is -4.26. The highest BCUT2D eigenvalue weighted by Crippen LogP contribution is 2.18. The minimum Gasteiger partial charge on any atom is -0.328 e. The van der Waals surface area contributed by atoms with Crippen molar-refractivity contribution >= 4 is 27.6 Å². The molecule has 0 saturated carbocycles. The van der Waals surface area contributed by atoms with E-state index < -0.39 is 15.9 Å². The van der Waals surface area contributed by atoms with Crippen molar-refractivity contribution in [1.29, 1.82) is 0 Å². The van der Waals surface area contributed by atoms with Crippen LogP contribution in [0.5, 0.6) is 0 Å². The second kappa shape index (κ2) is 8.23. The fourth-order valence-electron chi connectivity index (χ4n) is 2.41. The minimum absolute atomic E-state index is 0.0293. The van der Waals surface area contributed by atoms with Gasteiger partial charge in [-0.05, 0) is 37.3 Å². The van der Waals surface area contributed by atoms with E-state index in [1.54, 1.807) is 13.0 Å². The van der Waals surface area contributed by atoms with Crippen molar-refractivity contribution in [3.8, 4) is 11.5 Å². The Morgan fingerprint density at radius 3 is 2.52 bits per heavy atom. The van der Waals surface area contributed by atoms with Gasteiger partial charge in [-0.2, -0.15) is 4.98 Å². The van der Waals surface area contributed by atoms with Crippen LogP contribution in [-0.2, 0) is 10.0 Å². The van der Waals surface area contributed by atoms with E-state index in [1.165, 1.54) is 49.1 Å². The van der Waals surface area contributed by atoms with Gasteiger partial charge in [0.05, 0.1) is 11.1 Å². The van der Waals surface area contributed by atoms with Gasteiger partial charge in [0.2, 0.25) is 11.8 Å². The largest absolute Gasteiger partial charge is 0.328 e. The maximum absolute atomic E-state index is 12.5. The molecular formula is C18H14N8O4S. The second-order valence-electron chi connectivity index (χ2n) is 6.12. The van der Waals surface area contributed by atoms with Crippen molar-refractivity contribution in [2.75, 3.05) is 10.0 Å². The summed E-state index contributed by atoms with van der Waals surface area (Å²) in [5.74, 6) is -0.864. The summed E-state index contributed by atoms with van der Waals surface area (Å²) in [5.41, 5.74) is 1.30. The van der Waals surface area contributed by atoms with Crippen LogP contribution in [0.3, 0.4) is 0 Å². The van der Waals surface area contributed by atoms with E-state index in [1.807, 2.05) is 0 Å². The Labute approximate surface area is 175 Å². The van der Waals surface area contributed by atoms with Crippen LogP contribution in [0, 0.1) is 6.92 Å². The zero-order valence-corrected chi connectivity index (χ0v) is 16.7. The van der Waals surface area contributed by atoms with Crippen LogP contribution in [-0.4, -0.2) is 44.4 Å². The molecule has 0 unspecified atom stereocenters. The first kappa shape index (κ1) is 20.0. The molecule has 1 amide bonds. The number of aromatic nitrogens is 6. The quantitative estimate of drug-likeness (QED) is 0.452. The molecule has 3 heterocycles. The normalized spacial score (nSPS) is 11.1. The van der Waals surface area contributed by atoms with Gasteiger partial charge < -0.3 is 9.84 Å². The molecule has 0 atom stereocenters. The molecule has 12 nitrogen and oxygen atoms in total. The Bertz CT molecular complexity index is 1320. The van der Waals surface area contributed by atoms with Crippen molar-refractivity contribution in [3.63, 3.8) is 0 Å². The number of carbonyl (C=O) groups excluding carboxylic acids is 1. The molecule has 156 valence electrons. The SMILES string of the molecule is Cc1ccnc(NS(=O)(=O)c2ccc(NC(=O)c3nc(-c4cnccn4)no3)cc2)n1. The molecule has 2 N–H and O–H groups in total. The lowest BCUT2D eigenvalue weighted by atomic mass is 10.3. The zero-order chi connectivity index (χ0) is 21.8. The van der Waals surface area contributed by atoms with Gasteiger partial charge in [-0.3, -0.25) is 9.78 Å². The molecule has 0 saturated heterocycles. The number of nitrogens with one attached hydrogen (secondary N) is 2. The molecule has 4 rings (SSSR count). The van der Waals surface area contributed by atoms with Gasteiger partial charge in [0.25, 0.3) is 10.0 Å². The smallest absolute Gasteiger partial charge is 0.316 e. The van der Waals surface area contributed by atoms with Crippen LogP contribution in [0.4, 0.5) is 11.6 Å². The summed E-state index contributed by atoms with van der Waals surface area (Å²) in [4.78, 5) is 32.1. The van der Waals surface area contributed by atoms with Gasteiger partial charge in [0.1, 0.15) is 5.69 Å². The zero-order valence-electron chi connectivity index (χ0n) is 15.9. The van der Waals surface area contributed by atoms with Crippen LogP contribution in [0.1, 0.15) is 16.4 Å². The fraction of sp³-hybridized carbons (Fsp3) is 0.0556. The Morgan fingerprint density at radius 2 is 1.81 bits per heavy atom. The topological polar surface area (TPSA) is 166 Å². The number of hydrogen-bond acceptors (Lipinski definition) is 10. The Morgan fingerprint density at radius 1 is 1.00 bits per heavy atom. The predicted octanol–water partition coefficient (Wildman–Crippen LogP) is 1.68. The van der Waals surface area contributed by atoms with Crippen LogP contribution in [0.25, 0.3) is 11.5 Å². The first-order valence-electron chi connectivity index (χ1n) is 8.75. The van der Waals surface area contributed by atoms with E-state index in [-0.39, 0.29) is 22.6 Å². The standard InChI is InChI=1S/C18H14N8O4S/c1-11-6-7-21-18(22-11)26-31(28,29)13-4-2-12(3-5-13)23-16(27)17-24-15(25-30-17)14-10-19-8-9-20-14/h2-10H,1H3,(H,23,27)(H,21,22,26). The number of rotatable bonds is 6. The Balaban J connectivity index is 1.45. The van der Waals surface area contributed by atoms with Crippen LogP contribution < -0.4 is 10.0 Å². The number of sulfonamides is 1. The van der Waals surface area contributed by atoms with E-state index in [2.05, 4.69) is 40.1 Å². The predicted molar refractivity (Wildman–Crippen MR) is 107 cm³/mol. The first-order chi connectivity index (χ1) is 14.9. The molecule has 3 aromatic heterocycles. The average Bonchev–Trinajstić information content (AvgIpc) is 3.25. The summed E-state index contributed by atoms with van der Waals surface area (Å²) in [6.45, 7) is 1.72. The summed E-state index contributed by atoms with van der Waals surface area (Å²) >= 11 is 0. The monoisotopic (exact) mass is 438 g/mol. The molecule has 1 aromatic carbocycles. The first-order valence-corrected chi connectivity index (χ1v) is 10.2. The molecule has 0 aliphatic heterocycles. The third-order valence-electron chi connectivity index (χ3n) is 3.86. The molecule has 0 fully saturated rings.